The summed E-state index contributed by atoms with van der Waals surface area (Å²) in [5, 5.41) is 2.77. The van der Waals surface area contributed by atoms with E-state index in [1.54, 1.807) is 37.6 Å². The van der Waals surface area contributed by atoms with Gasteiger partial charge in [-0.15, -0.1) is 0 Å². The van der Waals surface area contributed by atoms with Crippen molar-refractivity contribution in [2.75, 3.05) is 13.7 Å². The maximum atomic E-state index is 12.8. The van der Waals surface area contributed by atoms with E-state index in [-0.39, 0.29) is 24.2 Å². The van der Waals surface area contributed by atoms with E-state index in [2.05, 4.69) is 5.32 Å². The Labute approximate surface area is 116 Å². The van der Waals surface area contributed by atoms with E-state index >= 15 is 0 Å². The fraction of sp³-hybridized carbons (Fsp3) is 0.267. The minimum absolute atomic E-state index is 0.148. The summed E-state index contributed by atoms with van der Waals surface area (Å²) in [6.45, 7) is 0.323. The van der Waals surface area contributed by atoms with Crippen molar-refractivity contribution in [3.63, 3.8) is 0 Å². The Balaban J connectivity index is 1.84. The summed E-state index contributed by atoms with van der Waals surface area (Å²) in [6.07, 6.45) is 1.44. The first kappa shape index (κ1) is 14.3. The molecule has 0 spiro atoms. The van der Waals surface area contributed by atoms with E-state index in [0.29, 0.717) is 12.3 Å². The number of ether oxygens (including phenoxy) is 1. The van der Waals surface area contributed by atoms with Crippen LogP contribution in [-0.2, 0) is 16.0 Å². The van der Waals surface area contributed by atoms with Crippen molar-refractivity contribution in [3.05, 3.63) is 59.8 Å². The summed E-state index contributed by atoms with van der Waals surface area (Å²) in [4.78, 5) is 11.8. The fourth-order valence-corrected chi connectivity index (χ4v) is 1.83. The number of furan rings is 1. The Kier molecular flexibility index (Phi) is 4.90. The van der Waals surface area contributed by atoms with Crippen LogP contribution >= 0.6 is 0 Å². The van der Waals surface area contributed by atoms with Crippen LogP contribution in [0.25, 0.3) is 0 Å². The molecule has 20 heavy (non-hydrogen) atoms. The van der Waals surface area contributed by atoms with Crippen molar-refractivity contribution in [2.45, 2.75) is 12.5 Å². The molecule has 0 saturated carbocycles. The molecule has 0 bridgehead atoms. The second-order valence-electron chi connectivity index (χ2n) is 4.35. The molecular formula is C15H16FNO3. The van der Waals surface area contributed by atoms with Gasteiger partial charge in [0.1, 0.15) is 17.7 Å². The van der Waals surface area contributed by atoms with Crippen molar-refractivity contribution in [2.24, 2.45) is 0 Å². The molecule has 0 aliphatic heterocycles. The molecule has 5 heteroatoms. The molecule has 106 valence electrons. The number of hydrogen-bond donors (Lipinski definition) is 1. The van der Waals surface area contributed by atoms with Crippen LogP contribution in [0, 0.1) is 5.82 Å². The molecule has 0 saturated heterocycles. The number of carbonyl (C=O) groups excluding carboxylic acids is 1. The molecule has 2 rings (SSSR count). The lowest BCUT2D eigenvalue weighted by molar-refractivity contribution is -0.121. The number of nitrogens with one attached hydrogen (secondary N) is 1. The van der Waals surface area contributed by atoms with Gasteiger partial charge < -0.3 is 14.5 Å². The van der Waals surface area contributed by atoms with Crippen LogP contribution in [-0.4, -0.2) is 19.6 Å². The smallest absolute Gasteiger partial charge is 0.224 e. The van der Waals surface area contributed by atoms with E-state index in [1.807, 2.05) is 0 Å². The van der Waals surface area contributed by atoms with Crippen LogP contribution in [0.2, 0.25) is 0 Å². The average molecular weight is 277 g/mol. The molecule has 4 nitrogen and oxygen atoms in total. The highest BCUT2D eigenvalue weighted by Gasteiger charge is 2.14. The lowest BCUT2D eigenvalue weighted by Gasteiger charge is -2.13. The predicted octanol–water partition coefficient (Wildman–Crippen LogP) is 2.47. The third-order valence-electron chi connectivity index (χ3n) is 2.91. The second-order valence-corrected chi connectivity index (χ2v) is 4.35. The summed E-state index contributed by atoms with van der Waals surface area (Å²) in [5.41, 5.74) is 0.760. The van der Waals surface area contributed by atoms with E-state index in [1.165, 1.54) is 12.1 Å². The van der Waals surface area contributed by atoms with E-state index in [9.17, 15) is 9.18 Å². The molecule has 1 aromatic carbocycles. The van der Waals surface area contributed by atoms with Crippen LogP contribution in [0.5, 0.6) is 0 Å². The molecule has 1 unspecified atom stereocenters. The summed E-state index contributed by atoms with van der Waals surface area (Å²) in [5.74, 6) is 0.200. The largest absolute Gasteiger partial charge is 0.467 e. The molecule has 0 aliphatic rings. The lowest BCUT2D eigenvalue weighted by Crippen LogP contribution is -2.30. The van der Waals surface area contributed by atoms with Gasteiger partial charge in [-0.2, -0.15) is 0 Å². The Bertz CT molecular complexity index is 537. The highest BCUT2D eigenvalue weighted by molar-refractivity contribution is 5.78. The van der Waals surface area contributed by atoms with Gasteiger partial charge in [0, 0.05) is 7.11 Å². The average Bonchev–Trinajstić information content (AvgIpc) is 2.96. The van der Waals surface area contributed by atoms with E-state index in [4.69, 9.17) is 9.15 Å². The van der Waals surface area contributed by atoms with Gasteiger partial charge in [-0.3, -0.25) is 4.79 Å². The second kappa shape index (κ2) is 6.86. The SMILES string of the molecule is COC(CNC(=O)Cc1ccc(F)cc1)c1ccco1. The molecule has 0 radical (unpaired) electrons. The van der Waals surface area contributed by atoms with E-state index in [0.717, 1.165) is 5.56 Å². The quantitative estimate of drug-likeness (QED) is 0.882. The number of carbonyl (C=O) groups is 1. The minimum atomic E-state index is -0.317. The molecule has 1 aromatic heterocycles. The molecule has 2 aromatic rings. The van der Waals surface area contributed by atoms with Gasteiger partial charge in [-0.25, -0.2) is 4.39 Å². The summed E-state index contributed by atoms with van der Waals surface area (Å²) in [6, 6.07) is 9.42. The van der Waals surface area contributed by atoms with Gasteiger partial charge in [0.2, 0.25) is 5.91 Å². The van der Waals surface area contributed by atoms with Crippen LogP contribution < -0.4 is 5.32 Å². The first-order valence-corrected chi connectivity index (χ1v) is 6.26. The van der Waals surface area contributed by atoms with Gasteiger partial charge in [-0.1, -0.05) is 12.1 Å². The molecule has 1 atom stereocenters. The van der Waals surface area contributed by atoms with Crippen molar-refractivity contribution in [1.29, 1.82) is 0 Å². The van der Waals surface area contributed by atoms with Crippen molar-refractivity contribution in [1.82, 2.24) is 5.32 Å². The monoisotopic (exact) mass is 277 g/mol. The van der Waals surface area contributed by atoms with Gasteiger partial charge in [0.25, 0.3) is 0 Å². The molecule has 0 aliphatic carbocycles. The highest BCUT2D eigenvalue weighted by Crippen LogP contribution is 2.15. The highest BCUT2D eigenvalue weighted by atomic mass is 19.1. The van der Waals surface area contributed by atoms with Crippen molar-refractivity contribution < 1.29 is 18.3 Å². The standard InChI is InChI=1S/C15H16FNO3/c1-19-14(13-3-2-8-20-13)10-17-15(18)9-11-4-6-12(16)7-5-11/h2-8,14H,9-10H2,1H3,(H,17,18). The van der Waals surface area contributed by atoms with Gasteiger partial charge >= 0.3 is 0 Å². The lowest BCUT2D eigenvalue weighted by atomic mass is 10.1. The maximum absolute atomic E-state index is 12.8. The number of methoxy groups -OCH3 is 1. The summed E-state index contributed by atoms with van der Waals surface area (Å²) >= 11 is 0. The number of amides is 1. The third-order valence-corrected chi connectivity index (χ3v) is 2.91. The Morgan fingerprint density at radius 3 is 2.70 bits per heavy atom. The zero-order chi connectivity index (χ0) is 14.4. The first-order valence-electron chi connectivity index (χ1n) is 6.26. The molecule has 1 amide bonds. The number of halogens is 1. The number of rotatable bonds is 6. The Morgan fingerprint density at radius 2 is 2.10 bits per heavy atom. The van der Waals surface area contributed by atoms with Crippen molar-refractivity contribution in [3.8, 4) is 0 Å². The van der Waals surface area contributed by atoms with Crippen molar-refractivity contribution >= 4 is 5.91 Å². The fourth-order valence-electron chi connectivity index (χ4n) is 1.83. The normalized spacial score (nSPS) is 12.1. The first-order chi connectivity index (χ1) is 9.69. The van der Waals surface area contributed by atoms with E-state index < -0.39 is 0 Å². The summed E-state index contributed by atoms with van der Waals surface area (Å²) < 4.78 is 23.2. The third kappa shape index (κ3) is 3.93. The molecule has 0 fully saturated rings. The van der Waals surface area contributed by atoms with Gasteiger partial charge in [0.15, 0.2) is 0 Å². The van der Waals surface area contributed by atoms with Gasteiger partial charge in [0.05, 0.1) is 19.2 Å². The zero-order valence-electron chi connectivity index (χ0n) is 11.1. The Hall–Kier alpha value is -2.14. The molecule has 1 N–H and O–H groups in total. The Morgan fingerprint density at radius 1 is 1.35 bits per heavy atom. The summed E-state index contributed by atoms with van der Waals surface area (Å²) in [7, 11) is 1.55. The van der Waals surface area contributed by atoms with Crippen LogP contribution in [0.4, 0.5) is 4.39 Å². The molecular weight excluding hydrogens is 261 g/mol. The molecule has 1 heterocycles. The maximum Gasteiger partial charge on any atom is 0.224 e. The minimum Gasteiger partial charge on any atom is -0.467 e. The number of hydrogen-bond acceptors (Lipinski definition) is 3. The van der Waals surface area contributed by atoms with Crippen LogP contribution in [0.3, 0.4) is 0 Å². The predicted molar refractivity (Wildman–Crippen MR) is 71.6 cm³/mol. The van der Waals surface area contributed by atoms with Crippen LogP contribution in [0.15, 0.2) is 47.1 Å². The topological polar surface area (TPSA) is 51.5 Å². The van der Waals surface area contributed by atoms with Gasteiger partial charge in [-0.05, 0) is 29.8 Å². The zero-order valence-corrected chi connectivity index (χ0v) is 11.1. The number of benzene rings is 1. The van der Waals surface area contributed by atoms with Crippen LogP contribution in [0.1, 0.15) is 17.4 Å².